The molecule has 0 saturated carbocycles. The zero-order valence-corrected chi connectivity index (χ0v) is 18.0. The van der Waals surface area contributed by atoms with E-state index < -0.39 is 0 Å². The van der Waals surface area contributed by atoms with Crippen LogP contribution in [0.5, 0.6) is 5.88 Å². The molecule has 0 spiro atoms. The van der Waals surface area contributed by atoms with Crippen LogP contribution >= 0.6 is 0 Å². The minimum atomic E-state index is -0.189. The molecule has 5 heteroatoms. The first-order valence-electron chi connectivity index (χ1n) is 11.1. The van der Waals surface area contributed by atoms with Crippen LogP contribution in [0.3, 0.4) is 0 Å². The van der Waals surface area contributed by atoms with E-state index in [0.717, 1.165) is 32.4 Å². The van der Waals surface area contributed by atoms with Crippen molar-refractivity contribution in [3.8, 4) is 5.88 Å². The second-order valence-corrected chi connectivity index (χ2v) is 8.49. The van der Waals surface area contributed by atoms with Crippen molar-refractivity contribution in [3.05, 3.63) is 90.1 Å². The van der Waals surface area contributed by atoms with E-state index in [1.807, 2.05) is 12.1 Å². The van der Waals surface area contributed by atoms with Crippen LogP contribution in [0, 0.1) is 11.7 Å². The van der Waals surface area contributed by atoms with Gasteiger partial charge in [-0.15, -0.1) is 0 Å². The van der Waals surface area contributed by atoms with Gasteiger partial charge in [-0.05, 0) is 67.4 Å². The third-order valence-corrected chi connectivity index (χ3v) is 6.19. The normalized spacial score (nSPS) is 17.2. The summed E-state index contributed by atoms with van der Waals surface area (Å²) >= 11 is 0. The topological polar surface area (TPSA) is 38.3 Å². The summed E-state index contributed by atoms with van der Waals surface area (Å²) in [5.74, 6) is 1.36. The van der Waals surface area contributed by atoms with E-state index in [2.05, 4.69) is 52.1 Å². The van der Waals surface area contributed by atoms with E-state index in [1.54, 1.807) is 24.4 Å². The molecule has 0 amide bonds. The largest absolute Gasteiger partial charge is 0.477 e. The molecule has 0 radical (unpaired) electrons. The highest BCUT2D eigenvalue weighted by atomic mass is 19.1. The Morgan fingerprint density at radius 1 is 1.03 bits per heavy atom. The molecule has 2 atom stereocenters. The summed E-state index contributed by atoms with van der Waals surface area (Å²) in [6.45, 7) is 4.88. The van der Waals surface area contributed by atoms with Gasteiger partial charge in [-0.2, -0.15) is 0 Å². The molecule has 2 heterocycles. The van der Waals surface area contributed by atoms with Gasteiger partial charge in [0.2, 0.25) is 5.88 Å². The number of ether oxygens (including phenoxy) is 1. The quantitative estimate of drug-likeness (QED) is 0.473. The van der Waals surface area contributed by atoms with Crippen LogP contribution in [0.4, 0.5) is 4.39 Å². The van der Waals surface area contributed by atoms with Gasteiger partial charge in [0.25, 0.3) is 0 Å². The predicted octanol–water partition coefficient (Wildman–Crippen LogP) is 5.64. The average molecular weight is 420 g/mol. The van der Waals surface area contributed by atoms with Crippen molar-refractivity contribution in [1.82, 2.24) is 14.9 Å². The zero-order valence-electron chi connectivity index (χ0n) is 18.0. The molecular formula is C26H30FN3O. The SMILES string of the molecule is CC(COc1ccncn1)CC(c1ccc(F)cc1)N1CCC(c2ccccc2)CC1. The monoisotopic (exact) mass is 419 g/mol. The smallest absolute Gasteiger partial charge is 0.216 e. The van der Waals surface area contributed by atoms with Crippen LogP contribution in [-0.4, -0.2) is 34.6 Å². The van der Waals surface area contributed by atoms with E-state index in [4.69, 9.17) is 4.74 Å². The Bertz CT molecular complexity index is 912. The van der Waals surface area contributed by atoms with Gasteiger partial charge in [-0.3, -0.25) is 4.90 Å². The highest BCUT2D eigenvalue weighted by Gasteiger charge is 2.28. The molecule has 1 aliphatic rings. The Balaban J connectivity index is 1.41. The fraction of sp³-hybridized carbons (Fsp3) is 0.385. The standard InChI is InChI=1S/C26H30FN3O/c1-20(18-31-26-11-14-28-19-29-26)17-25(23-7-9-24(27)10-8-23)30-15-12-22(13-16-30)21-5-3-2-4-6-21/h2-11,14,19-20,22,25H,12-13,15-18H2,1H3. The van der Waals surface area contributed by atoms with Crippen molar-refractivity contribution in [2.24, 2.45) is 5.92 Å². The Morgan fingerprint density at radius 3 is 2.45 bits per heavy atom. The maximum absolute atomic E-state index is 13.6. The number of piperidine rings is 1. The molecular weight excluding hydrogens is 389 g/mol. The van der Waals surface area contributed by atoms with Crippen molar-refractivity contribution >= 4 is 0 Å². The Morgan fingerprint density at radius 2 is 1.77 bits per heavy atom. The van der Waals surface area contributed by atoms with Crippen molar-refractivity contribution in [2.45, 2.75) is 38.1 Å². The van der Waals surface area contributed by atoms with E-state index >= 15 is 0 Å². The number of rotatable bonds is 8. The summed E-state index contributed by atoms with van der Waals surface area (Å²) in [6.07, 6.45) is 6.43. The van der Waals surface area contributed by atoms with Gasteiger partial charge >= 0.3 is 0 Å². The van der Waals surface area contributed by atoms with Crippen LogP contribution < -0.4 is 4.74 Å². The van der Waals surface area contributed by atoms with Crippen LogP contribution in [0.1, 0.15) is 49.3 Å². The fourth-order valence-electron chi connectivity index (χ4n) is 4.49. The van der Waals surface area contributed by atoms with E-state index in [1.165, 1.54) is 17.5 Å². The summed E-state index contributed by atoms with van der Waals surface area (Å²) < 4.78 is 19.4. The molecule has 1 aromatic heterocycles. The molecule has 4 nitrogen and oxygen atoms in total. The fourth-order valence-corrected chi connectivity index (χ4v) is 4.49. The maximum Gasteiger partial charge on any atom is 0.216 e. The van der Waals surface area contributed by atoms with E-state index in [9.17, 15) is 4.39 Å². The molecule has 3 aromatic rings. The van der Waals surface area contributed by atoms with Gasteiger partial charge < -0.3 is 4.74 Å². The van der Waals surface area contributed by atoms with Gasteiger partial charge in [0.05, 0.1) is 6.61 Å². The summed E-state index contributed by atoms with van der Waals surface area (Å²) in [5, 5.41) is 0. The summed E-state index contributed by atoms with van der Waals surface area (Å²) in [5.41, 5.74) is 2.61. The molecule has 0 bridgehead atoms. The van der Waals surface area contributed by atoms with Gasteiger partial charge in [0.1, 0.15) is 12.1 Å². The highest BCUT2D eigenvalue weighted by molar-refractivity contribution is 5.22. The van der Waals surface area contributed by atoms with Crippen LogP contribution in [0.25, 0.3) is 0 Å². The van der Waals surface area contributed by atoms with Gasteiger partial charge in [0, 0.05) is 18.3 Å². The zero-order chi connectivity index (χ0) is 21.5. The Hall–Kier alpha value is -2.79. The first-order valence-corrected chi connectivity index (χ1v) is 11.1. The number of hydrogen-bond donors (Lipinski definition) is 0. The lowest BCUT2D eigenvalue weighted by molar-refractivity contribution is 0.121. The second-order valence-electron chi connectivity index (χ2n) is 8.49. The molecule has 0 aliphatic carbocycles. The number of benzene rings is 2. The molecule has 1 fully saturated rings. The van der Waals surface area contributed by atoms with Gasteiger partial charge in [-0.1, -0.05) is 49.4 Å². The first-order chi connectivity index (χ1) is 15.2. The molecule has 2 unspecified atom stereocenters. The molecule has 1 saturated heterocycles. The molecule has 31 heavy (non-hydrogen) atoms. The van der Waals surface area contributed by atoms with Gasteiger partial charge in [0.15, 0.2) is 0 Å². The third kappa shape index (κ3) is 5.88. The number of halogens is 1. The summed E-state index contributed by atoms with van der Waals surface area (Å²) in [7, 11) is 0. The molecule has 162 valence electrons. The van der Waals surface area contributed by atoms with Crippen molar-refractivity contribution in [3.63, 3.8) is 0 Å². The number of likely N-dealkylation sites (tertiary alicyclic amines) is 1. The predicted molar refractivity (Wildman–Crippen MR) is 120 cm³/mol. The van der Waals surface area contributed by atoms with Crippen LogP contribution in [0.15, 0.2) is 73.2 Å². The lowest BCUT2D eigenvalue weighted by atomic mass is 9.87. The maximum atomic E-state index is 13.6. The molecule has 2 aromatic carbocycles. The average Bonchev–Trinajstić information content (AvgIpc) is 2.83. The van der Waals surface area contributed by atoms with E-state index in [0.29, 0.717) is 24.3 Å². The second kappa shape index (κ2) is 10.5. The van der Waals surface area contributed by atoms with E-state index in [-0.39, 0.29) is 11.9 Å². The lowest BCUT2D eigenvalue weighted by Gasteiger charge is -2.39. The summed E-state index contributed by atoms with van der Waals surface area (Å²) in [6, 6.07) is 19.8. The molecule has 4 rings (SSSR count). The number of nitrogens with zero attached hydrogens (tertiary/aromatic N) is 3. The van der Waals surface area contributed by atoms with Gasteiger partial charge in [-0.25, -0.2) is 14.4 Å². The Labute approximate surface area is 184 Å². The minimum absolute atomic E-state index is 0.189. The first kappa shape index (κ1) is 21.4. The molecule has 0 N–H and O–H groups in total. The number of hydrogen-bond acceptors (Lipinski definition) is 4. The summed E-state index contributed by atoms with van der Waals surface area (Å²) in [4.78, 5) is 10.6. The third-order valence-electron chi connectivity index (χ3n) is 6.19. The highest BCUT2D eigenvalue weighted by Crippen LogP contribution is 2.35. The van der Waals surface area contributed by atoms with Crippen molar-refractivity contribution in [1.29, 1.82) is 0 Å². The van der Waals surface area contributed by atoms with Crippen molar-refractivity contribution < 1.29 is 9.13 Å². The molecule has 1 aliphatic heterocycles. The minimum Gasteiger partial charge on any atom is -0.477 e. The lowest BCUT2D eigenvalue weighted by Crippen LogP contribution is -2.37. The Kier molecular flexibility index (Phi) is 7.26. The number of aromatic nitrogens is 2. The van der Waals surface area contributed by atoms with Crippen LogP contribution in [0.2, 0.25) is 0 Å². The van der Waals surface area contributed by atoms with Crippen LogP contribution in [-0.2, 0) is 0 Å². The van der Waals surface area contributed by atoms with Crippen molar-refractivity contribution in [2.75, 3.05) is 19.7 Å².